The highest BCUT2D eigenvalue weighted by Crippen LogP contribution is 2.49. The van der Waals surface area contributed by atoms with Crippen molar-refractivity contribution in [3.8, 4) is 17.0 Å². The number of phenolic OH excluding ortho intramolecular Hbond substituents is 1. The van der Waals surface area contributed by atoms with Gasteiger partial charge in [0.25, 0.3) is 0 Å². The maximum Gasteiger partial charge on any atom is 0.160 e. The monoisotopic (exact) mass is 448 g/mol. The number of imidazole rings is 1. The molecule has 0 radical (unpaired) electrons. The summed E-state index contributed by atoms with van der Waals surface area (Å²) >= 11 is 6.81. The van der Waals surface area contributed by atoms with Gasteiger partial charge in [0.1, 0.15) is 11.4 Å². The second-order valence-electron chi connectivity index (χ2n) is 6.05. The number of carbonyl (C=O) groups excluding carboxylic acids is 1. The summed E-state index contributed by atoms with van der Waals surface area (Å²) in [5, 5.41) is 10.4. The van der Waals surface area contributed by atoms with Crippen LogP contribution in [-0.4, -0.2) is 20.3 Å². The van der Waals surface area contributed by atoms with Gasteiger partial charge in [0.2, 0.25) is 0 Å². The summed E-state index contributed by atoms with van der Waals surface area (Å²) in [5.74, 6) is 0.444. The van der Waals surface area contributed by atoms with Crippen LogP contribution in [0.2, 0.25) is 0 Å². The number of halogens is 2. The topological polar surface area (TPSA) is 54.6 Å². The molecular formula is C18H14Br2N2O2. The fourth-order valence-corrected chi connectivity index (χ4v) is 4.33. The Bertz CT molecular complexity index is 990. The van der Waals surface area contributed by atoms with Crippen LogP contribution < -0.4 is 0 Å². The number of phenols is 1. The molecule has 0 atom stereocenters. The van der Waals surface area contributed by atoms with Gasteiger partial charge >= 0.3 is 0 Å². The molecule has 3 aromatic rings. The molecule has 1 aliphatic carbocycles. The first-order valence-electron chi connectivity index (χ1n) is 7.68. The van der Waals surface area contributed by atoms with Crippen molar-refractivity contribution in [1.29, 1.82) is 0 Å². The Morgan fingerprint density at radius 1 is 1.33 bits per heavy atom. The first-order valence-corrected chi connectivity index (χ1v) is 9.27. The summed E-state index contributed by atoms with van der Waals surface area (Å²) in [4.78, 5) is 17.0. The highest BCUT2D eigenvalue weighted by Gasteiger charge is 2.33. The molecule has 24 heavy (non-hydrogen) atoms. The minimum atomic E-state index is -0.0565. The van der Waals surface area contributed by atoms with E-state index in [0.717, 1.165) is 29.9 Å². The van der Waals surface area contributed by atoms with Crippen LogP contribution in [0.1, 0.15) is 41.7 Å². The lowest BCUT2D eigenvalue weighted by molar-refractivity contribution is 0.101. The summed E-state index contributed by atoms with van der Waals surface area (Å²) in [5.41, 5.74) is 3.97. The first kappa shape index (κ1) is 15.8. The van der Waals surface area contributed by atoms with Crippen molar-refractivity contribution in [3.05, 3.63) is 50.7 Å². The highest BCUT2D eigenvalue weighted by molar-refractivity contribution is 9.11. The number of Topliss-reactive ketones (excluding diaryl/α,β-unsaturated/α-hetero) is 1. The molecule has 0 saturated heterocycles. The van der Waals surface area contributed by atoms with Crippen LogP contribution in [0.15, 0.2) is 39.4 Å². The summed E-state index contributed by atoms with van der Waals surface area (Å²) in [6.45, 7) is 1.54. The van der Waals surface area contributed by atoms with Crippen LogP contribution in [0.3, 0.4) is 0 Å². The Labute approximate surface area is 155 Å². The molecule has 1 N–H and O–H groups in total. The normalized spacial score (nSPS) is 14.3. The SMILES string of the molecule is CC(=O)c1cc(Br)c(O)c(Br)c1-c1c(C2CC2)nc2ccccn12. The number of ketones is 1. The Kier molecular flexibility index (Phi) is 3.77. The molecule has 6 heteroatoms. The van der Waals surface area contributed by atoms with Crippen LogP contribution in [0.5, 0.6) is 5.75 Å². The number of hydrogen-bond donors (Lipinski definition) is 1. The zero-order valence-electron chi connectivity index (χ0n) is 12.9. The molecule has 4 nitrogen and oxygen atoms in total. The largest absolute Gasteiger partial charge is 0.506 e. The maximum atomic E-state index is 12.3. The van der Waals surface area contributed by atoms with Crippen molar-refractivity contribution in [2.75, 3.05) is 0 Å². The van der Waals surface area contributed by atoms with Gasteiger partial charge in [-0.3, -0.25) is 9.20 Å². The summed E-state index contributed by atoms with van der Waals surface area (Å²) in [6, 6.07) is 7.52. The number of aromatic hydroxyl groups is 1. The number of fused-ring (bicyclic) bond motifs is 1. The molecule has 0 aliphatic heterocycles. The van der Waals surface area contributed by atoms with E-state index in [1.807, 2.05) is 28.8 Å². The third-order valence-corrected chi connectivity index (χ3v) is 5.71. The molecule has 2 heterocycles. The van der Waals surface area contributed by atoms with Crippen LogP contribution in [-0.2, 0) is 0 Å². The fourth-order valence-electron chi connectivity index (χ4n) is 3.02. The molecule has 1 saturated carbocycles. The molecule has 122 valence electrons. The van der Waals surface area contributed by atoms with Crippen molar-refractivity contribution in [2.45, 2.75) is 25.7 Å². The molecule has 0 unspecified atom stereocenters. The van der Waals surface area contributed by atoms with E-state index in [2.05, 4.69) is 31.9 Å². The third kappa shape index (κ3) is 2.40. The van der Waals surface area contributed by atoms with Crippen molar-refractivity contribution in [1.82, 2.24) is 9.38 Å². The van der Waals surface area contributed by atoms with Gasteiger partial charge in [-0.05, 0) is 69.8 Å². The van der Waals surface area contributed by atoms with Gasteiger partial charge in [-0.1, -0.05) is 6.07 Å². The average molecular weight is 450 g/mol. The summed E-state index contributed by atoms with van der Waals surface area (Å²) in [6.07, 6.45) is 4.15. The lowest BCUT2D eigenvalue weighted by Gasteiger charge is -2.14. The molecule has 0 amide bonds. The third-order valence-electron chi connectivity index (χ3n) is 4.33. The van der Waals surface area contributed by atoms with Crippen LogP contribution in [0.25, 0.3) is 16.9 Å². The average Bonchev–Trinajstić information content (AvgIpc) is 3.33. The molecule has 1 fully saturated rings. The van der Waals surface area contributed by atoms with Crippen LogP contribution in [0.4, 0.5) is 0 Å². The highest BCUT2D eigenvalue weighted by atomic mass is 79.9. The van der Waals surface area contributed by atoms with E-state index < -0.39 is 0 Å². The van der Waals surface area contributed by atoms with Gasteiger partial charge in [-0.15, -0.1) is 0 Å². The van der Waals surface area contributed by atoms with Gasteiger partial charge in [-0.2, -0.15) is 0 Å². The number of hydrogen-bond acceptors (Lipinski definition) is 3. The van der Waals surface area contributed by atoms with E-state index in [4.69, 9.17) is 4.98 Å². The van der Waals surface area contributed by atoms with E-state index >= 15 is 0 Å². The van der Waals surface area contributed by atoms with Gasteiger partial charge in [0.05, 0.1) is 20.3 Å². The second kappa shape index (κ2) is 5.70. The minimum Gasteiger partial charge on any atom is -0.506 e. The van der Waals surface area contributed by atoms with Gasteiger partial charge in [-0.25, -0.2) is 4.98 Å². The van der Waals surface area contributed by atoms with Crippen molar-refractivity contribution in [2.24, 2.45) is 0 Å². The van der Waals surface area contributed by atoms with E-state index in [1.54, 1.807) is 6.07 Å². The molecule has 1 aliphatic rings. The predicted molar refractivity (Wildman–Crippen MR) is 99.7 cm³/mol. The number of rotatable bonds is 3. The maximum absolute atomic E-state index is 12.3. The van der Waals surface area contributed by atoms with Crippen LogP contribution >= 0.6 is 31.9 Å². The number of nitrogens with zero attached hydrogens (tertiary/aromatic N) is 2. The smallest absolute Gasteiger partial charge is 0.160 e. The zero-order valence-corrected chi connectivity index (χ0v) is 16.1. The second-order valence-corrected chi connectivity index (χ2v) is 7.70. The van der Waals surface area contributed by atoms with Gasteiger partial charge in [0, 0.05) is 23.2 Å². The lowest BCUT2D eigenvalue weighted by atomic mass is 9.98. The minimum absolute atomic E-state index is 0.0565. The molecular weight excluding hydrogens is 436 g/mol. The quantitative estimate of drug-likeness (QED) is 0.551. The van der Waals surface area contributed by atoms with Gasteiger partial charge in [0.15, 0.2) is 5.78 Å². The Hall–Kier alpha value is -1.66. The standard InChI is InChI=1S/C18H14Br2N2O2/c1-9(23)11-8-12(19)18(24)15(20)14(11)17-16(10-5-6-10)21-13-4-2-3-7-22(13)17/h2-4,7-8,10,24H,5-6H2,1H3. The molecule has 1 aromatic carbocycles. The van der Waals surface area contributed by atoms with Crippen molar-refractivity contribution < 1.29 is 9.90 Å². The van der Waals surface area contributed by atoms with E-state index in [9.17, 15) is 9.90 Å². The number of pyridine rings is 1. The van der Waals surface area contributed by atoms with E-state index in [0.29, 0.717) is 26.0 Å². The Morgan fingerprint density at radius 2 is 2.08 bits per heavy atom. The number of carbonyl (C=O) groups is 1. The van der Waals surface area contributed by atoms with Crippen molar-refractivity contribution in [3.63, 3.8) is 0 Å². The zero-order chi connectivity index (χ0) is 17.0. The molecule has 2 aromatic heterocycles. The molecule has 4 rings (SSSR count). The van der Waals surface area contributed by atoms with E-state index in [1.165, 1.54) is 6.92 Å². The summed E-state index contributed by atoms with van der Waals surface area (Å²) in [7, 11) is 0. The molecule has 0 spiro atoms. The van der Waals surface area contributed by atoms with Crippen molar-refractivity contribution >= 4 is 43.3 Å². The predicted octanol–water partition coefficient (Wildman–Crippen LogP) is 5.31. The molecule has 0 bridgehead atoms. The first-order chi connectivity index (χ1) is 11.5. The Morgan fingerprint density at radius 3 is 2.75 bits per heavy atom. The van der Waals surface area contributed by atoms with E-state index in [-0.39, 0.29) is 11.5 Å². The summed E-state index contributed by atoms with van der Waals surface area (Å²) < 4.78 is 2.99. The van der Waals surface area contributed by atoms with Gasteiger partial charge < -0.3 is 5.11 Å². The number of benzene rings is 1. The fraction of sp³-hybridized carbons (Fsp3) is 0.222. The Balaban J connectivity index is 2.14. The lowest BCUT2D eigenvalue weighted by Crippen LogP contribution is -2.02. The van der Waals surface area contributed by atoms with Crippen LogP contribution in [0, 0.1) is 0 Å². The number of aromatic nitrogens is 2.